The highest BCUT2D eigenvalue weighted by Gasteiger charge is 2.65. The van der Waals surface area contributed by atoms with Gasteiger partial charge in [0.15, 0.2) is 5.82 Å². The molecule has 3 heterocycles. The van der Waals surface area contributed by atoms with Gasteiger partial charge in [0.2, 0.25) is 0 Å². The first kappa shape index (κ1) is 23.7. The van der Waals surface area contributed by atoms with E-state index in [1.165, 1.54) is 18.2 Å². The second-order valence-electron chi connectivity index (χ2n) is 10.4. The second kappa shape index (κ2) is 8.46. The van der Waals surface area contributed by atoms with E-state index < -0.39 is 23.2 Å². The van der Waals surface area contributed by atoms with E-state index in [2.05, 4.69) is 34.1 Å². The van der Waals surface area contributed by atoms with E-state index >= 15 is 0 Å². The Morgan fingerprint density at radius 2 is 1.95 bits per heavy atom. The zero-order valence-electron chi connectivity index (χ0n) is 20.4. The predicted molar refractivity (Wildman–Crippen MR) is 130 cm³/mol. The first-order valence-electron chi connectivity index (χ1n) is 12.2. The van der Waals surface area contributed by atoms with Crippen molar-refractivity contribution in [1.82, 2.24) is 29.9 Å². The third-order valence-corrected chi connectivity index (χ3v) is 8.19. The fourth-order valence-electron chi connectivity index (χ4n) is 6.34. The van der Waals surface area contributed by atoms with E-state index in [0.717, 1.165) is 29.8 Å². The summed E-state index contributed by atoms with van der Waals surface area (Å²) in [4.78, 5) is 9.40. The number of aliphatic hydroxyl groups excluding tert-OH is 2. The Morgan fingerprint density at radius 1 is 1.16 bits per heavy atom. The Bertz CT molecular complexity index is 1490. The number of hydrogen-bond donors (Lipinski definition) is 2. The lowest BCUT2D eigenvalue weighted by Gasteiger charge is -2.37. The summed E-state index contributed by atoms with van der Waals surface area (Å²) in [5.41, 5.74) is 2.46. The molecule has 6 rings (SSSR count). The predicted octanol–water partition coefficient (Wildman–Crippen LogP) is 3.63. The summed E-state index contributed by atoms with van der Waals surface area (Å²) in [6.07, 6.45) is 5.87. The average Bonchev–Trinajstić information content (AvgIpc) is 3.51. The molecule has 4 aromatic rings. The van der Waals surface area contributed by atoms with Gasteiger partial charge in [0.1, 0.15) is 11.6 Å². The molecule has 37 heavy (non-hydrogen) atoms. The summed E-state index contributed by atoms with van der Waals surface area (Å²) >= 11 is 0. The summed E-state index contributed by atoms with van der Waals surface area (Å²) < 4.78 is 30.6. The molecule has 190 valence electrons. The van der Waals surface area contributed by atoms with Gasteiger partial charge >= 0.3 is 0 Å². The van der Waals surface area contributed by atoms with E-state index in [1.54, 1.807) is 29.3 Å². The van der Waals surface area contributed by atoms with Crippen LogP contribution in [-0.4, -0.2) is 52.9 Å². The smallest absolute Gasteiger partial charge is 0.162 e. The third kappa shape index (κ3) is 3.42. The summed E-state index contributed by atoms with van der Waals surface area (Å²) in [5, 5.41) is 32.0. The van der Waals surface area contributed by atoms with E-state index in [-0.39, 0.29) is 35.7 Å². The van der Waals surface area contributed by atoms with Gasteiger partial charge in [-0.05, 0) is 54.0 Å². The molecule has 1 saturated carbocycles. The Kier molecular flexibility index (Phi) is 5.43. The molecule has 0 saturated heterocycles. The monoisotopic (exact) mass is 504 g/mol. The lowest BCUT2D eigenvalue weighted by atomic mass is 9.66. The second-order valence-corrected chi connectivity index (χ2v) is 10.4. The standard InChI is InChI=1S/C27H26F2N6O2/c1-26(2)18-6-8-27(26,24-17(18)10-21(33-34-24)23-19(28)4-3-5-20(23)29)22-7-9-30-25(32-22)15-11-31-35(12-15)13-16(37)14-36/h3-5,7,9-12,16,18,36-37H,6,8,13-14H2,1-2H3/t16-,18-,27-/m0/s1. The van der Waals surface area contributed by atoms with Crippen LogP contribution in [0.25, 0.3) is 22.6 Å². The highest BCUT2D eigenvalue weighted by Crippen LogP contribution is 2.69. The lowest BCUT2D eigenvalue weighted by molar-refractivity contribution is 0.0783. The maximum atomic E-state index is 14.5. The number of aliphatic hydroxyl groups is 2. The maximum absolute atomic E-state index is 14.5. The molecule has 3 aromatic heterocycles. The number of aromatic nitrogens is 6. The van der Waals surface area contributed by atoms with Crippen molar-refractivity contribution in [3.63, 3.8) is 0 Å². The zero-order chi connectivity index (χ0) is 25.9. The third-order valence-electron chi connectivity index (χ3n) is 8.19. The first-order chi connectivity index (χ1) is 17.8. The van der Waals surface area contributed by atoms with Crippen LogP contribution in [0.5, 0.6) is 0 Å². The molecule has 10 heteroatoms. The van der Waals surface area contributed by atoms with E-state index in [4.69, 9.17) is 10.1 Å². The molecule has 3 atom stereocenters. The number of fused-ring (bicyclic) bond motifs is 5. The molecule has 2 bridgehead atoms. The van der Waals surface area contributed by atoms with Gasteiger partial charge in [-0.2, -0.15) is 10.2 Å². The Morgan fingerprint density at radius 3 is 2.70 bits per heavy atom. The molecule has 0 radical (unpaired) electrons. The van der Waals surface area contributed by atoms with Crippen molar-refractivity contribution in [2.45, 2.75) is 50.7 Å². The first-order valence-corrected chi connectivity index (χ1v) is 12.2. The van der Waals surface area contributed by atoms with Crippen LogP contribution >= 0.6 is 0 Å². The molecule has 2 aliphatic carbocycles. The molecule has 0 spiro atoms. The Hall–Kier alpha value is -3.63. The van der Waals surface area contributed by atoms with Gasteiger partial charge < -0.3 is 10.2 Å². The van der Waals surface area contributed by atoms with Gasteiger partial charge in [0.25, 0.3) is 0 Å². The van der Waals surface area contributed by atoms with Crippen LogP contribution < -0.4 is 0 Å². The van der Waals surface area contributed by atoms with Crippen molar-refractivity contribution in [2.24, 2.45) is 5.41 Å². The molecule has 2 aliphatic rings. The minimum atomic E-state index is -0.911. The van der Waals surface area contributed by atoms with Gasteiger partial charge in [-0.3, -0.25) is 4.68 Å². The van der Waals surface area contributed by atoms with Crippen molar-refractivity contribution >= 4 is 0 Å². The Balaban J connectivity index is 1.43. The highest BCUT2D eigenvalue weighted by atomic mass is 19.1. The van der Waals surface area contributed by atoms with Crippen LogP contribution in [-0.2, 0) is 12.0 Å². The summed E-state index contributed by atoms with van der Waals surface area (Å²) in [7, 11) is 0. The molecular weight excluding hydrogens is 478 g/mol. The maximum Gasteiger partial charge on any atom is 0.162 e. The van der Waals surface area contributed by atoms with Crippen LogP contribution in [0, 0.1) is 17.0 Å². The topological polar surface area (TPSA) is 110 Å². The van der Waals surface area contributed by atoms with Crippen molar-refractivity contribution < 1.29 is 19.0 Å². The molecule has 0 amide bonds. The number of hydrogen-bond acceptors (Lipinski definition) is 7. The lowest BCUT2D eigenvalue weighted by Crippen LogP contribution is -2.38. The largest absolute Gasteiger partial charge is 0.394 e. The number of nitrogens with zero attached hydrogens (tertiary/aromatic N) is 6. The van der Waals surface area contributed by atoms with Gasteiger partial charge in [-0.1, -0.05) is 19.9 Å². The number of benzene rings is 1. The van der Waals surface area contributed by atoms with Gasteiger partial charge in [0.05, 0.1) is 59.1 Å². The summed E-state index contributed by atoms with van der Waals surface area (Å²) in [6, 6.07) is 7.46. The van der Waals surface area contributed by atoms with E-state index in [9.17, 15) is 13.9 Å². The number of rotatable bonds is 6. The SMILES string of the molecule is CC1(C)[C@H]2CC[C@]1(c1ccnc(-c3cnn(C[C@H](O)CO)c3)n1)c1nnc(-c3c(F)cccc3F)cc12. The van der Waals surface area contributed by atoms with Gasteiger partial charge in [-0.15, -0.1) is 5.10 Å². The average molecular weight is 505 g/mol. The molecule has 0 aliphatic heterocycles. The fourth-order valence-corrected chi connectivity index (χ4v) is 6.34. The van der Waals surface area contributed by atoms with Crippen LogP contribution in [0.4, 0.5) is 8.78 Å². The molecule has 2 N–H and O–H groups in total. The molecular formula is C27H26F2N6O2. The number of halogens is 2. The minimum Gasteiger partial charge on any atom is -0.394 e. The van der Waals surface area contributed by atoms with E-state index in [0.29, 0.717) is 11.4 Å². The molecule has 1 aromatic carbocycles. The van der Waals surface area contributed by atoms with Gasteiger partial charge in [0, 0.05) is 12.4 Å². The van der Waals surface area contributed by atoms with Crippen molar-refractivity contribution in [1.29, 1.82) is 0 Å². The fraction of sp³-hybridized carbons (Fsp3) is 0.370. The summed E-state index contributed by atoms with van der Waals surface area (Å²) in [6.45, 7) is 4.17. The normalized spacial score (nSPS) is 22.3. The van der Waals surface area contributed by atoms with Crippen LogP contribution in [0.2, 0.25) is 0 Å². The molecule has 1 fully saturated rings. The highest BCUT2D eigenvalue weighted by molar-refractivity contribution is 5.64. The van der Waals surface area contributed by atoms with Crippen LogP contribution in [0.1, 0.15) is 49.6 Å². The summed E-state index contributed by atoms with van der Waals surface area (Å²) in [5.74, 6) is -0.715. The minimum absolute atomic E-state index is 0.132. The zero-order valence-corrected chi connectivity index (χ0v) is 20.4. The molecule has 8 nitrogen and oxygen atoms in total. The van der Waals surface area contributed by atoms with Crippen LogP contribution in [0.3, 0.4) is 0 Å². The van der Waals surface area contributed by atoms with Crippen molar-refractivity contribution in [3.8, 4) is 22.6 Å². The van der Waals surface area contributed by atoms with E-state index in [1.807, 2.05) is 6.07 Å². The van der Waals surface area contributed by atoms with Gasteiger partial charge in [-0.25, -0.2) is 18.7 Å². The quantitative estimate of drug-likeness (QED) is 0.413. The van der Waals surface area contributed by atoms with Crippen molar-refractivity contribution in [2.75, 3.05) is 6.61 Å². The van der Waals surface area contributed by atoms with Crippen molar-refractivity contribution in [3.05, 3.63) is 77.5 Å². The Labute approximate surface area is 212 Å². The molecule has 0 unspecified atom stereocenters. The van der Waals surface area contributed by atoms with Crippen LogP contribution in [0.15, 0.2) is 48.9 Å².